The largest absolute Gasteiger partial charge is 0.494 e. The molecule has 39 heavy (non-hydrogen) atoms. The zero-order valence-corrected chi connectivity index (χ0v) is 23.8. The molecule has 8 nitrogen and oxygen atoms in total. The fourth-order valence-corrected chi connectivity index (χ4v) is 5.16. The topological polar surface area (TPSA) is 96.0 Å². The van der Waals surface area contributed by atoms with Crippen molar-refractivity contribution in [3.05, 3.63) is 95.6 Å². The van der Waals surface area contributed by atoms with Gasteiger partial charge < -0.3 is 15.0 Å². The quantitative estimate of drug-likeness (QED) is 0.347. The molecule has 3 rings (SSSR count). The lowest BCUT2D eigenvalue weighted by molar-refractivity contribution is -0.140. The highest BCUT2D eigenvalue weighted by atomic mass is 32.2. The number of aryl methyl sites for hydroxylation is 1. The van der Waals surface area contributed by atoms with Gasteiger partial charge in [0, 0.05) is 19.5 Å². The Hall–Kier alpha value is -3.85. The lowest BCUT2D eigenvalue weighted by Crippen LogP contribution is -2.53. The van der Waals surface area contributed by atoms with E-state index in [0.29, 0.717) is 24.6 Å². The minimum atomic E-state index is -3.82. The second-order valence-corrected chi connectivity index (χ2v) is 11.2. The minimum Gasteiger partial charge on any atom is -0.494 e. The van der Waals surface area contributed by atoms with Crippen LogP contribution in [0.25, 0.3) is 0 Å². The van der Waals surface area contributed by atoms with E-state index >= 15 is 0 Å². The van der Waals surface area contributed by atoms with E-state index in [9.17, 15) is 18.0 Å². The van der Waals surface area contributed by atoms with Crippen LogP contribution in [0.2, 0.25) is 0 Å². The van der Waals surface area contributed by atoms with Crippen LogP contribution in [0.5, 0.6) is 5.75 Å². The number of ether oxygens (including phenoxy) is 1. The fourth-order valence-electron chi connectivity index (χ4n) is 4.31. The highest BCUT2D eigenvalue weighted by Gasteiger charge is 2.33. The molecule has 0 aromatic heterocycles. The highest BCUT2D eigenvalue weighted by molar-refractivity contribution is 7.92. The van der Waals surface area contributed by atoms with Crippen molar-refractivity contribution < 1.29 is 22.7 Å². The fraction of sp³-hybridized carbons (Fsp3) is 0.333. The number of nitrogens with zero attached hydrogens (tertiary/aromatic N) is 2. The Morgan fingerprint density at radius 3 is 2.15 bits per heavy atom. The molecule has 0 bridgehead atoms. The Kier molecular flexibility index (Phi) is 10.5. The second kappa shape index (κ2) is 13.8. The molecule has 0 aliphatic rings. The van der Waals surface area contributed by atoms with Crippen molar-refractivity contribution in [3.8, 4) is 5.75 Å². The van der Waals surface area contributed by atoms with Gasteiger partial charge in [-0.1, -0.05) is 54.6 Å². The molecule has 3 aromatic rings. The van der Waals surface area contributed by atoms with Crippen LogP contribution in [0, 0.1) is 6.92 Å². The summed E-state index contributed by atoms with van der Waals surface area (Å²) >= 11 is 0. The molecule has 1 N–H and O–H groups in total. The highest BCUT2D eigenvalue weighted by Crippen LogP contribution is 2.23. The summed E-state index contributed by atoms with van der Waals surface area (Å²) in [5.74, 6) is -0.179. The number of sulfonamides is 1. The molecule has 9 heteroatoms. The third-order valence-corrected chi connectivity index (χ3v) is 7.48. The van der Waals surface area contributed by atoms with Gasteiger partial charge in [-0.3, -0.25) is 13.9 Å². The van der Waals surface area contributed by atoms with Crippen LogP contribution < -0.4 is 14.4 Å². The number of nitrogens with one attached hydrogen (secondary N) is 1. The molecule has 0 spiro atoms. The molecule has 0 unspecified atom stereocenters. The van der Waals surface area contributed by atoms with E-state index < -0.39 is 28.5 Å². The Morgan fingerprint density at radius 2 is 1.56 bits per heavy atom. The van der Waals surface area contributed by atoms with Crippen LogP contribution in [0.4, 0.5) is 5.69 Å². The molecule has 0 saturated heterocycles. The number of hydrogen-bond acceptors (Lipinski definition) is 5. The van der Waals surface area contributed by atoms with Crippen LogP contribution in [0.15, 0.2) is 78.9 Å². The van der Waals surface area contributed by atoms with Gasteiger partial charge in [-0.05, 0) is 61.7 Å². The number of likely N-dealkylation sites (N-methyl/N-ethyl adjacent to an activating group) is 1. The Balaban J connectivity index is 2.02. The first-order valence-corrected chi connectivity index (χ1v) is 14.8. The zero-order chi connectivity index (χ0) is 28.4. The van der Waals surface area contributed by atoms with Crippen molar-refractivity contribution in [3.63, 3.8) is 0 Å². The molecule has 0 aliphatic heterocycles. The van der Waals surface area contributed by atoms with Gasteiger partial charge in [0.15, 0.2) is 0 Å². The summed E-state index contributed by atoms with van der Waals surface area (Å²) in [7, 11) is -3.82. The summed E-state index contributed by atoms with van der Waals surface area (Å²) in [6.45, 7) is 6.20. The van der Waals surface area contributed by atoms with Crippen LogP contribution >= 0.6 is 0 Å². The third-order valence-electron chi connectivity index (χ3n) is 6.34. The Labute approximate surface area is 231 Å². The van der Waals surface area contributed by atoms with Gasteiger partial charge in [0.1, 0.15) is 18.3 Å². The summed E-state index contributed by atoms with van der Waals surface area (Å²) in [6, 6.07) is 22.8. The van der Waals surface area contributed by atoms with Crippen molar-refractivity contribution in [2.75, 3.05) is 30.3 Å². The number of amides is 2. The number of carbonyl (C=O) groups excluding carboxylic acids is 2. The maximum atomic E-state index is 14.0. The van der Waals surface area contributed by atoms with Gasteiger partial charge in [-0.15, -0.1) is 0 Å². The second-order valence-electron chi connectivity index (χ2n) is 9.24. The van der Waals surface area contributed by atoms with Crippen molar-refractivity contribution in [2.45, 2.75) is 39.8 Å². The summed E-state index contributed by atoms with van der Waals surface area (Å²) in [6.07, 6.45) is 1.35. The summed E-state index contributed by atoms with van der Waals surface area (Å²) < 4.78 is 32.2. The van der Waals surface area contributed by atoms with Gasteiger partial charge in [0.05, 0.1) is 18.6 Å². The normalized spacial score (nSPS) is 11.9. The van der Waals surface area contributed by atoms with Gasteiger partial charge in [0.2, 0.25) is 21.8 Å². The van der Waals surface area contributed by atoms with Crippen molar-refractivity contribution in [1.29, 1.82) is 0 Å². The van der Waals surface area contributed by atoms with Gasteiger partial charge in [-0.25, -0.2) is 8.42 Å². The molecule has 2 amide bonds. The first-order valence-electron chi connectivity index (χ1n) is 13.0. The standard InChI is InChI=1S/C30H37N3O5S/c1-5-31-30(35)28(20-24-13-8-7-9-14-24)32(21-25-15-11-10-12-23(25)3)29(34)22-33(39(4,36)37)26-16-18-27(19-17-26)38-6-2/h7-19,28H,5-6,20-22H2,1-4H3,(H,31,35)/t28-/m1/s1. The van der Waals surface area contributed by atoms with Crippen molar-refractivity contribution in [2.24, 2.45) is 0 Å². The predicted molar refractivity (Wildman–Crippen MR) is 154 cm³/mol. The maximum Gasteiger partial charge on any atom is 0.244 e. The number of carbonyl (C=O) groups is 2. The van der Waals surface area contributed by atoms with Crippen LogP contribution in [-0.4, -0.2) is 57.1 Å². The molecule has 0 fully saturated rings. The van der Waals surface area contributed by atoms with E-state index in [2.05, 4.69) is 5.32 Å². The Bertz CT molecular complexity index is 1340. The maximum absolute atomic E-state index is 14.0. The summed E-state index contributed by atoms with van der Waals surface area (Å²) in [4.78, 5) is 28.9. The summed E-state index contributed by atoms with van der Waals surface area (Å²) in [5.41, 5.74) is 3.07. The average Bonchev–Trinajstić information content (AvgIpc) is 2.91. The monoisotopic (exact) mass is 551 g/mol. The van der Waals surface area contributed by atoms with E-state index in [1.54, 1.807) is 24.3 Å². The van der Waals surface area contributed by atoms with E-state index in [1.165, 1.54) is 4.90 Å². The van der Waals surface area contributed by atoms with Gasteiger partial charge >= 0.3 is 0 Å². The first kappa shape index (κ1) is 29.7. The lowest BCUT2D eigenvalue weighted by Gasteiger charge is -2.33. The SMILES string of the molecule is CCNC(=O)[C@@H](Cc1ccccc1)N(Cc1ccccc1C)C(=O)CN(c1ccc(OCC)cc1)S(C)(=O)=O. The molecule has 1 atom stereocenters. The molecule has 0 aliphatic carbocycles. The zero-order valence-electron chi connectivity index (χ0n) is 23.0. The molecular weight excluding hydrogens is 514 g/mol. The minimum absolute atomic E-state index is 0.154. The predicted octanol–water partition coefficient (Wildman–Crippen LogP) is 3.94. The van der Waals surface area contributed by atoms with E-state index in [0.717, 1.165) is 27.3 Å². The third kappa shape index (κ3) is 8.32. The molecular formula is C30H37N3O5S. The molecule has 0 heterocycles. The first-order chi connectivity index (χ1) is 18.6. The Morgan fingerprint density at radius 1 is 0.923 bits per heavy atom. The number of benzene rings is 3. The number of hydrogen-bond donors (Lipinski definition) is 1. The average molecular weight is 552 g/mol. The van der Waals surface area contributed by atoms with E-state index in [4.69, 9.17) is 4.74 Å². The van der Waals surface area contributed by atoms with Crippen LogP contribution in [0.3, 0.4) is 0 Å². The molecule has 208 valence electrons. The summed E-state index contributed by atoms with van der Waals surface area (Å²) in [5, 5.41) is 2.86. The van der Waals surface area contributed by atoms with Crippen molar-refractivity contribution in [1.82, 2.24) is 10.2 Å². The van der Waals surface area contributed by atoms with Crippen LogP contribution in [0.1, 0.15) is 30.5 Å². The van der Waals surface area contributed by atoms with E-state index in [1.807, 2.05) is 75.4 Å². The molecule has 3 aromatic carbocycles. The van der Waals surface area contributed by atoms with Crippen LogP contribution in [-0.2, 0) is 32.6 Å². The van der Waals surface area contributed by atoms with Gasteiger partial charge in [0.25, 0.3) is 0 Å². The number of anilines is 1. The molecule has 0 saturated carbocycles. The number of rotatable bonds is 13. The van der Waals surface area contributed by atoms with Crippen molar-refractivity contribution >= 4 is 27.5 Å². The smallest absolute Gasteiger partial charge is 0.244 e. The van der Waals surface area contributed by atoms with E-state index in [-0.39, 0.29) is 18.9 Å². The molecule has 0 radical (unpaired) electrons. The van der Waals surface area contributed by atoms with Gasteiger partial charge in [-0.2, -0.15) is 0 Å². The lowest BCUT2D eigenvalue weighted by atomic mass is 10.0.